The minimum atomic E-state index is -1.71. The molecular formula is C44H74O19. The zero-order valence-corrected chi connectivity index (χ0v) is 37.6. The second kappa shape index (κ2) is 19.7. The lowest BCUT2D eigenvalue weighted by Gasteiger charge is -2.61. The quantitative estimate of drug-likeness (QED) is 0.0973. The Morgan fingerprint density at radius 2 is 1.17 bits per heavy atom. The molecule has 19 heteroatoms. The van der Waals surface area contributed by atoms with Gasteiger partial charge in [-0.1, -0.05) is 38.5 Å². The van der Waals surface area contributed by atoms with Crippen molar-refractivity contribution >= 4 is 0 Å². The first-order chi connectivity index (χ1) is 29.4. The van der Waals surface area contributed by atoms with E-state index in [4.69, 9.17) is 37.9 Å². The predicted octanol–water partition coefficient (Wildman–Crippen LogP) is -1.15. The lowest BCUT2D eigenvalue weighted by molar-refractivity contribution is -0.364. The molecule has 4 aliphatic heterocycles. The van der Waals surface area contributed by atoms with Gasteiger partial charge in [-0.25, -0.2) is 0 Å². The van der Waals surface area contributed by atoms with Gasteiger partial charge in [-0.05, 0) is 84.0 Å². The molecule has 6 aliphatic rings. The molecule has 19 nitrogen and oxygen atoms in total. The molecule has 0 amide bonds. The molecule has 4 heterocycles. The van der Waals surface area contributed by atoms with Crippen LogP contribution in [-0.2, 0) is 37.9 Å². The SMILES string of the molecule is C=C[C@](C)(CC[C@@]1(C)[C@H](C)C[C@H](O[C@@H]2O[C@@H](C)[C@H](O[C@@H]3O[C@H](CO)[C@@H](O)[C@H](O)[C@H]3O)[C@@H](O)[C@H]2O)[C@@]2(C)C(C)=CCC[C@H]12)O[C@@H]1O[C@H](C)[C@H](O[C@@H]2O[C@@H](C)[C@H](O)[C@@H](O)[C@H]2O)[C@H](O)[C@H]1O. The van der Waals surface area contributed by atoms with Crippen molar-refractivity contribution in [3.8, 4) is 0 Å². The summed E-state index contributed by atoms with van der Waals surface area (Å²) in [5.41, 5.74) is -0.749. The number of rotatable bonds is 13. The van der Waals surface area contributed by atoms with Gasteiger partial charge in [-0.3, -0.25) is 0 Å². The molecule has 26 atom stereocenters. The third-order valence-electron chi connectivity index (χ3n) is 15.7. The van der Waals surface area contributed by atoms with Crippen molar-refractivity contribution in [1.29, 1.82) is 0 Å². The second-order valence-corrected chi connectivity index (χ2v) is 19.7. The highest BCUT2D eigenvalue weighted by molar-refractivity contribution is 5.24. The summed E-state index contributed by atoms with van der Waals surface area (Å²) in [4.78, 5) is 0. The fourth-order valence-electron chi connectivity index (χ4n) is 10.9. The number of allylic oxidation sites excluding steroid dienone is 1. The van der Waals surface area contributed by atoms with Crippen LogP contribution < -0.4 is 0 Å². The molecule has 364 valence electrons. The minimum absolute atomic E-state index is 0.0573. The van der Waals surface area contributed by atoms with Crippen molar-refractivity contribution in [3.05, 3.63) is 24.3 Å². The Morgan fingerprint density at radius 1 is 0.683 bits per heavy atom. The molecule has 0 bridgehead atoms. The van der Waals surface area contributed by atoms with Gasteiger partial charge in [0.05, 0.1) is 36.6 Å². The summed E-state index contributed by atoms with van der Waals surface area (Å²) in [6.07, 6.45) is -20.8. The first kappa shape index (κ1) is 51.1. The first-order valence-corrected chi connectivity index (χ1v) is 22.4. The Morgan fingerprint density at radius 3 is 1.75 bits per heavy atom. The lowest BCUT2D eigenvalue weighted by atomic mass is 9.45. The summed E-state index contributed by atoms with van der Waals surface area (Å²) >= 11 is 0. The molecule has 5 fully saturated rings. The summed E-state index contributed by atoms with van der Waals surface area (Å²) in [5, 5.41) is 117. The highest BCUT2D eigenvalue weighted by Crippen LogP contribution is 2.63. The number of aliphatic hydroxyl groups excluding tert-OH is 11. The van der Waals surface area contributed by atoms with E-state index < -0.39 is 147 Å². The summed E-state index contributed by atoms with van der Waals surface area (Å²) < 4.78 is 48.1. The van der Waals surface area contributed by atoms with Crippen LogP contribution in [0.15, 0.2) is 24.3 Å². The maximum Gasteiger partial charge on any atom is 0.187 e. The largest absolute Gasteiger partial charge is 0.394 e. The lowest BCUT2D eigenvalue weighted by Crippen LogP contribution is -2.65. The van der Waals surface area contributed by atoms with Crippen LogP contribution in [0.2, 0.25) is 0 Å². The Kier molecular flexibility index (Phi) is 16.0. The van der Waals surface area contributed by atoms with Crippen LogP contribution >= 0.6 is 0 Å². The molecule has 0 radical (unpaired) electrons. The van der Waals surface area contributed by atoms with Crippen LogP contribution in [0.5, 0.6) is 0 Å². The van der Waals surface area contributed by atoms with E-state index in [0.717, 1.165) is 18.4 Å². The van der Waals surface area contributed by atoms with Gasteiger partial charge in [0.2, 0.25) is 0 Å². The van der Waals surface area contributed by atoms with E-state index >= 15 is 0 Å². The number of hydrogen-bond acceptors (Lipinski definition) is 19. The van der Waals surface area contributed by atoms with Gasteiger partial charge in [-0.2, -0.15) is 0 Å². The molecule has 0 aromatic rings. The van der Waals surface area contributed by atoms with Crippen LogP contribution in [0.1, 0.15) is 87.5 Å². The zero-order chi connectivity index (χ0) is 46.7. The van der Waals surface area contributed by atoms with Crippen molar-refractivity contribution in [1.82, 2.24) is 0 Å². The number of hydrogen-bond donors (Lipinski definition) is 11. The molecule has 0 aromatic carbocycles. The summed E-state index contributed by atoms with van der Waals surface area (Å²) in [7, 11) is 0. The van der Waals surface area contributed by atoms with Crippen LogP contribution in [0.3, 0.4) is 0 Å². The molecule has 63 heavy (non-hydrogen) atoms. The summed E-state index contributed by atoms with van der Waals surface area (Å²) in [6, 6.07) is 0. The molecule has 4 saturated heterocycles. The number of fused-ring (bicyclic) bond motifs is 1. The molecule has 11 N–H and O–H groups in total. The van der Waals surface area contributed by atoms with Gasteiger partial charge in [0, 0.05) is 5.41 Å². The smallest absolute Gasteiger partial charge is 0.187 e. The number of ether oxygens (including phenoxy) is 8. The Balaban J connectivity index is 1.11. The highest BCUT2D eigenvalue weighted by Gasteiger charge is 2.60. The number of aliphatic hydroxyl groups is 11. The maximum absolute atomic E-state index is 11.4. The van der Waals surface area contributed by atoms with Crippen molar-refractivity contribution < 1.29 is 94.1 Å². The Hall–Kier alpha value is -1.28. The monoisotopic (exact) mass is 906 g/mol. The van der Waals surface area contributed by atoms with Crippen molar-refractivity contribution in [2.45, 2.75) is 222 Å². The van der Waals surface area contributed by atoms with E-state index in [-0.39, 0.29) is 17.3 Å². The van der Waals surface area contributed by atoms with E-state index in [9.17, 15) is 56.2 Å². The van der Waals surface area contributed by atoms with E-state index in [2.05, 4.69) is 40.3 Å². The highest BCUT2D eigenvalue weighted by atomic mass is 16.8. The molecular weight excluding hydrogens is 832 g/mol. The Labute approximate surface area is 369 Å². The van der Waals surface area contributed by atoms with Crippen molar-refractivity contribution in [2.75, 3.05) is 6.61 Å². The van der Waals surface area contributed by atoms with Gasteiger partial charge in [0.25, 0.3) is 0 Å². The van der Waals surface area contributed by atoms with E-state index in [0.29, 0.717) is 19.3 Å². The fourth-order valence-corrected chi connectivity index (χ4v) is 10.9. The molecule has 2 aliphatic carbocycles. The second-order valence-electron chi connectivity index (χ2n) is 19.7. The van der Waals surface area contributed by atoms with Gasteiger partial charge in [0.1, 0.15) is 79.4 Å². The van der Waals surface area contributed by atoms with Gasteiger partial charge in [0.15, 0.2) is 25.2 Å². The van der Waals surface area contributed by atoms with Gasteiger partial charge in [-0.15, -0.1) is 6.58 Å². The standard InChI is InChI=1S/C44H74O19/c1-10-42(7,63-41-35(55)31(51)37(22(6)58-41)61-39-32(52)28(48)26(46)20(4)56-39)14-15-43(8)19(3)16-25(44(9)18(2)12-11-13-24(43)44)60-38-34(54)30(50)36(21(5)57-38)62-40-33(53)29(49)27(47)23(17-45)59-40/h10,12,19-41,45-55H,1,11,13-17H2,2-9H3/t19-,20+,21+,22-,23-,24-,25+,26+,27-,28-,29+,30+,31-,32-,33-,34-,35-,36+,37+,38+,39+,40+,41+,42-,43+,44+/m1/s1. The minimum Gasteiger partial charge on any atom is -0.394 e. The topological polar surface area (TPSA) is 296 Å². The third kappa shape index (κ3) is 9.59. The summed E-state index contributed by atoms with van der Waals surface area (Å²) in [6.45, 7) is 18.6. The molecule has 6 rings (SSSR count). The molecule has 1 saturated carbocycles. The Bertz CT molecular complexity index is 1570. The van der Waals surface area contributed by atoms with E-state index in [1.165, 1.54) is 6.92 Å². The van der Waals surface area contributed by atoms with Crippen molar-refractivity contribution in [3.63, 3.8) is 0 Å². The zero-order valence-electron chi connectivity index (χ0n) is 37.6. The first-order valence-electron chi connectivity index (χ1n) is 22.4. The van der Waals surface area contributed by atoms with Gasteiger partial charge >= 0.3 is 0 Å². The van der Waals surface area contributed by atoms with Gasteiger partial charge < -0.3 is 94.1 Å². The van der Waals surface area contributed by atoms with Crippen molar-refractivity contribution in [2.24, 2.45) is 22.7 Å². The van der Waals surface area contributed by atoms with Crippen LogP contribution in [0.25, 0.3) is 0 Å². The average molecular weight is 907 g/mol. The molecule has 0 aromatic heterocycles. The third-order valence-corrected chi connectivity index (χ3v) is 15.7. The normalized spacial score (nSPS) is 52.9. The predicted molar refractivity (Wildman–Crippen MR) is 219 cm³/mol. The molecule has 0 unspecified atom stereocenters. The van der Waals surface area contributed by atoms with E-state index in [1.807, 2.05) is 6.92 Å². The van der Waals surface area contributed by atoms with Crippen LogP contribution in [0.4, 0.5) is 0 Å². The van der Waals surface area contributed by atoms with Crippen LogP contribution in [-0.4, -0.2) is 197 Å². The summed E-state index contributed by atoms with van der Waals surface area (Å²) in [5.74, 6) is 0.126. The van der Waals surface area contributed by atoms with E-state index in [1.54, 1.807) is 19.9 Å². The maximum atomic E-state index is 11.4. The molecule has 0 spiro atoms. The average Bonchev–Trinajstić information content (AvgIpc) is 3.24. The van der Waals surface area contributed by atoms with Crippen LogP contribution in [0, 0.1) is 22.7 Å². The fraction of sp³-hybridized carbons (Fsp3) is 0.909.